The normalized spacial score (nSPS) is 37.8. The monoisotopic (exact) mass is 299 g/mol. The highest BCUT2D eigenvalue weighted by Gasteiger charge is 2.48. The van der Waals surface area contributed by atoms with E-state index >= 15 is 0 Å². The zero-order valence-corrected chi connectivity index (χ0v) is 12.0. The van der Waals surface area contributed by atoms with Gasteiger partial charge in [0.1, 0.15) is 0 Å². The van der Waals surface area contributed by atoms with E-state index in [1.54, 1.807) is 0 Å². The minimum atomic E-state index is 0.337. The molecule has 0 aromatic heterocycles. The highest BCUT2D eigenvalue weighted by atomic mass is 79.9. The number of amides is 1. The van der Waals surface area contributed by atoms with Crippen LogP contribution in [0.5, 0.6) is 0 Å². The van der Waals surface area contributed by atoms with E-state index in [-0.39, 0.29) is 0 Å². The number of carbonyl (C=O) groups excluding carboxylic acids is 1. The maximum absolute atomic E-state index is 12.1. The minimum absolute atomic E-state index is 0.337. The molecule has 0 aromatic rings. The number of alkyl halides is 1. The highest BCUT2D eigenvalue weighted by molar-refractivity contribution is 9.09. The molecule has 3 aliphatic rings. The van der Waals surface area contributed by atoms with Gasteiger partial charge in [-0.3, -0.25) is 4.79 Å². The van der Waals surface area contributed by atoms with Gasteiger partial charge in [0.25, 0.3) is 0 Å². The summed E-state index contributed by atoms with van der Waals surface area (Å²) in [6.45, 7) is 0.892. The molecule has 0 bridgehead atoms. The molecule has 0 saturated heterocycles. The Balaban J connectivity index is 1.48. The maximum Gasteiger partial charge on any atom is 0.223 e. The molecule has 96 valence electrons. The van der Waals surface area contributed by atoms with E-state index in [2.05, 4.69) is 21.2 Å². The Kier molecular flexibility index (Phi) is 3.22. The first-order valence-corrected chi connectivity index (χ1v) is 8.18. The van der Waals surface area contributed by atoms with Crippen molar-refractivity contribution in [3.05, 3.63) is 0 Å². The van der Waals surface area contributed by atoms with E-state index < -0.39 is 0 Å². The molecule has 1 N–H and O–H groups in total. The fraction of sp³-hybridized carbons (Fsp3) is 0.929. The lowest BCUT2D eigenvalue weighted by Crippen LogP contribution is -2.39. The summed E-state index contributed by atoms with van der Waals surface area (Å²) >= 11 is 3.63. The molecule has 3 saturated carbocycles. The number of nitrogens with one attached hydrogen (secondary N) is 1. The summed E-state index contributed by atoms with van der Waals surface area (Å²) in [7, 11) is 0. The van der Waals surface area contributed by atoms with Crippen molar-refractivity contribution in [3.8, 4) is 0 Å². The molecule has 0 aromatic carbocycles. The lowest BCUT2D eigenvalue weighted by molar-refractivity contribution is -0.125. The molecule has 2 nitrogen and oxygen atoms in total. The highest BCUT2D eigenvalue weighted by Crippen LogP contribution is 2.54. The molecule has 0 aliphatic heterocycles. The van der Waals surface area contributed by atoms with Crippen molar-refractivity contribution in [1.82, 2.24) is 5.32 Å². The summed E-state index contributed by atoms with van der Waals surface area (Å²) in [5.41, 5.74) is 0.358. The second-order valence-corrected chi connectivity index (χ2v) is 7.04. The largest absolute Gasteiger partial charge is 0.355 e. The van der Waals surface area contributed by atoms with Crippen molar-refractivity contribution in [2.45, 2.75) is 44.9 Å². The van der Waals surface area contributed by atoms with Crippen LogP contribution in [0, 0.1) is 23.2 Å². The lowest BCUT2D eigenvalue weighted by atomic mass is 9.88. The standard InChI is InChI=1S/C14H22BrNO/c15-8-14(3-1-2-4-14)9-16-13(17)12-6-10-5-11(10)7-12/h10-12H,1-9H2,(H,16,17). The third-order valence-electron chi connectivity index (χ3n) is 5.20. The van der Waals surface area contributed by atoms with Gasteiger partial charge >= 0.3 is 0 Å². The van der Waals surface area contributed by atoms with Crippen molar-refractivity contribution in [3.63, 3.8) is 0 Å². The molecule has 2 unspecified atom stereocenters. The Morgan fingerprint density at radius 3 is 2.41 bits per heavy atom. The molecule has 0 spiro atoms. The van der Waals surface area contributed by atoms with Crippen LogP contribution >= 0.6 is 15.9 Å². The van der Waals surface area contributed by atoms with Crippen LogP contribution in [0.25, 0.3) is 0 Å². The van der Waals surface area contributed by atoms with Gasteiger partial charge in [-0.2, -0.15) is 0 Å². The molecule has 3 rings (SSSR count). The van der Waals surface area contributed by atoms with Gasteiger partial charge in [0.2, 0.25) is 5.91 Å². The fourth-order valence-corrected chi connectivity index (χ4v) is 4.59. The predicted octanol–water partition coefficient (Wildman–Crippen LogP) is 3.10. The Hall–Kier alpha value is -0.0500. The van der Waals surface area contributed by atoms with Gasteiger partial charge in [-0.25, -0.2) is 0 Å². The van der Waals surface area contributed by atoms with E-state index in [1.807, 2.05) is 0 Å². The van der Waals surface area contributed by atoms with Gasteiger partial charge in [-0.1, -0.05) is 28.8 Å². The second kappa shape index (κ2) is 4.56. The Bertz CT molecular complexity index is 301. The van der Waals surface area contributed by atoms with Crippen molar-refractivity contribution < 1.29 is 4.79 Å². The van der Waals surface area contributed by atoms with E-state index in [0.717, 1.165) is 36.6 Å². The van der Waals surface area contributed by atoms with E-state index in [0.29, 0.717) is 17.2 Å². The maximum atomic E-state index is 12.1. The van der Waals surface area contributed by atoms with Crippen LogP contribution in [0.3, 0.4) is 0 Å². The SMILES string of the molecule is O=C(NCC1(CBr)CCCC1)C1CC2CC2C1. The van der Waals surface area contributed by atoms with Crippen LogP contribution in [0.4, 0.5) is 0 Å². The first-order chi connectivity index (χ1) is 8.22. The van der Waals surface area contributed by atoms with E-state index in [4.69, 9.17) is 0 Å². The van der Waals surface area contributed by atoms with Crippen LogP contribution in [0.1, 0.15) is 44.9 Å². The Labute approximate surface area is 112 Å². The van der Waals surface area contributed by atoms with Crippen LogP contribution in [-0.2, 0) is 4.79 Å². The van der Waals surface area contributed by atoms with Gasteiger partial charge < -0.3 is 5.32 Å². The number of rotatable bonds is 4. The van der Waals surface area contributed by atoms with Gasteiger partial charge in [0.15, 0.2) is 0 Å². The van der Waals surface area contributed by atoms with Crippen molar-refractivity contribution >= 4 is 21.8 Å². The van der Waals surface area contributed by atoms with Crippen LogP contribution in [-0.4, -0.2) is 17.8 Å². The number of carbonyl (C=O) groups is 1. The molecule has 3 heteroatoms. The first-order valence-electron chi connectivity index (χ1n) is 7.06. The Morgan fingerprint density at radius 1 is 1.18 bits per heavy atom. The van der Waals surface area contributed by atoms with Gasteiger partial charge in [-0.15, -0.1) is 0 Å². The quantitative estimate of drug-likeness (QED) is 0.794. The summed E-state index contributed by atoms with van der Waals surface area (Å²) in [4.78, 5) is 12.1. The average molecular weight is 300 g/mol. The fourth-order valence-electron chi connectivity index (χ4n) is 3.83. The third-order valence-corrected chi connectivity index (χ3v) is 6.39. The molecule has 17 heavy (non-hydrogen) atoms. The first kappa shape index (κ1) is 12.0. The molecular formula is C14H22BrNO. The average Bonchev–Trinajstić information content (AvgIpc) is 2.82. The summed E-state index contributed by atoms with van der Waals surface area (Å²) < 4.78 is 0. The van der Waals surface area contributed by atoms with Crippen LogP contribution in [0.15, 0.2) is 0 Å². The lowest BCUT2D eigenvalue weighted by Gasteiger charge is -2.27. The molecule has 3 aliphatic carbocycles. The topological polar surface area (TPSA) is 29.1 Å². The van der Waals surface area contributed by atoms with Crippen molar-refractivity contribution in [2.24, 2.45) is 23.2 Å². The number of fused-ring (bicyclic) bond motifs is 1. The number of hydrogen-bond donors (Lipinski definition) is 1. The van der Waals surface area contributed by atoms with E-state index in [1.165, 1.54) is 32.1 Å². The van der Waals surface area contributed by atoms with Gasteiger partial charge in [-0.05, 0) is 49.4 Å². The summed E-state index contributed by atoms with van der Waals surface area (Å²) in [5, 5.41) is 4.27. The van der Waals surface area contributed by atoms with Crippen molar-refractivity contribution in [1.29, 1.82) is 0 Å². The predicted molar refractivity (Wildman–Crippen MR) is 72.0 cm³/mol. The smallest absolute Gasteiger partial charge is 0.223 e. The number of halogens is 1. The van der Waals surface area contributed by atoms with Crippen LogP contribution < -0.4 is 5.32 Å². The van der Waals surface area contributed by atoms with Gasteiger partial charge in [0.05, 0.1) is 0 Å². The molecule has 3 fully saturated rings. The third kappa shape index (κ3) is 2.40. The molecule has 1 amide bonds. The summed E-state index contributed by atoms with van der Waals surface area (Å²) in [5.74, 6) is 2.49. The number of hydrogen-bond acceptors (Lipinski definition) is 1. The Morgan fingerprint density at radius 2 is 1.82 bits per heavy atom. The zero-order valence-electron chi connectivity index (χ0n) is 10.4. The van der Waals surface area contributed by atoms with E-state index in [9.17, 15) is 4.79 Å². The minimum Gasteiger partial charge on any atom is -0.355 e. The van der Waals surface area contributed by atoms with Gasteiger partial charge in [0, 0.05) is 17.8 Å². The molecular weight excluding hydrogens is 278 g/mol. The molecule has 0 heterocycles. The molecule has 0 radical (unpaired) electrons. The second-order valence-electron chi connectivity index (χ2n) is 6.48. The zero-order chi connectivity index (χ0) is 11.9. The van der Waals surface area contributed by atoms with Crippen LogP contribution in [0.2, 0.25) is 0 Å². The van der Waals surface area contributed by atoms with Crippen molar-refractivity contribution in [2.75, 3.05) is 11.9 Å². The summed E-state index contributed by atoms with van der Waals surface area (Å²) in [6.07, 6.45) is 8.93. The molecule has 2 atom stereocenters. The summed E-state index contributed by atoms with van der Waals surface area (Å²) in [6, 6.07) is 0.